The Kier molecular flexibility index (Phi) is 11.9. The first-order valence-corrected chi connectivity index (χ1v) is 17.5. The zero-order valence-corrected chi connectivity index (χ0v) is 28.5. The number of anilines is 1. The van der Waals surface area contributed by atoms with Gasteiger partial charge < -0.3 is 24.2 Å². The molecule has 248 valence electrons. The monoisotopic (exact) mass is 691 g/mol. The topological polar surface area (TPSA) is 144 Å². The predicted molar refractivity (Wildman–Crippen MR) is 177 cm³/mol. The van der Waals surface area contributed by atoms with Gasteiger partial charge in [0.05, 0.1) is 31.4 Å². The summed E-state index contributed by atoms with van der Waals surface area (Å²) in [6.07, 6.45) is -1.02. The molecule has 4 rings (SSSR count). The molecule has 0 aliphatic carbocycles. The van der Waals surface area contributed by atoms with Crippen LogP contribution in [-0.4, -0.2) is 75.3 Å². The summed E-state index contributed by atoms with van der Waals surface area (Å²) in [6.45, 7) is 3.44. The Morgan fingerprint density at radius 3 is 2.59 bits per heavy atom. The number of rotatable bonds is 14. The quantitative estimate of drug-likeness (QED) is 0.182. The van der Waals surface area contributed by atoms with Gasteiger partial charge in [0, 0.05) is 52.4 Å². The highest BCUT2D eigenvalue weighted by Gasteiger charge is 2.41. The van der Waals surface area contributed by atoms with Gasteiger partial charge in [0.1, 0.15) is 12.2 Å². The fraction of sp³-hybridized carbons (Fsp3) is 0.406. The zero-order chi connectivity index (χ0) is 33.5. The molecular weight excluding hydrogens is 654 g/mol. The summed E-state index contributed by atoms with van der Waals surface area (Å²) in [5, 5.41) is 11.2. The van der Waals surface area contributed by atoms with Crippen LogP contribution in [0.15, 0.2) is 65.8 Å². The largest absolute Gasteiger partial charge is 0.493 e. The Hall–Kier alpha value is -3.36. The van der Waals surface area contributed by atoms with Crippen LogP contribution in [0, 0.1) is 5.41 Å². The SMILES string of the molecule is COc1cccc([C@H]2O[C@H](CC(=O)NS(=O)(=O)CCCSc3ccccn3)C(=O)N(CC(C)(C)CO)c3ccc(Cl)cc32)c1OC. The highest BCUT2D eigenvalue weighted by Crippen LogP contribution is 2.45. The van der Waals surface area contributed by atoms with Gasteiger partial charge in [-0.05, 0) is 42.8 Å². The molecule has 2 atom stereocenters. The van der Waals surface area contributed by atoms with Gasteiger partial charge in [0.2, 0.25) is 15.9 Å². The first-order chi connectivity index (χ1) is 21.9. The van der Waals surface area contributed by atoms with E-state index in [1.807, 2.05) is 12.1 Å². The number of methoxy groups -OCH3 is 2. The van der Waals surface area contributed by atoms with Gasteiger partial charge in [-0.3, -0.25) is 14.3 Å². The number of aromatic nitrogens is 1. The Balaban J connectivity index is 1.64. The van der Waals surface area contributed by atoms with E-state index in [0.29, 0.717) is 39.1 Å². The standard InChI is InChI=1S/C32H38ClN3O8S2/c1-32(2,20-37)19-36-24-13-12-21(33)17-23(24)29(22-9-7-10-25(42-3)30(22)43-4)44-26(31(36)39)18-27(38)35-46(40,41)16-8-15-45-28-11-5-6-14-34-28/h5-7,9-14,17,26,29,37H,8,15-16,18-20H2,1-4H3,(H,35,38)/t26-,29-/m1/s1. The predicted octanol–water partition coefficient (Wildman–Crippen LogP) is 4.61. The molecule has 1 aliphatic rings. The summed E-state index contributed by atoms with van der Waals surface area (Å²) in [5.41, 5.74) is 0.752. The van der Waals surface area contributed by atoms with Gasteiger partial charge in [0.15, 0.2) is 11.5 Å². The zero-order valence-electron chi connectivity index (χ0n) is 26.1. The van der Waals surface area contributed by atoms with E-state index in [0.717, 1.165) is 5.03 Å². The van der Waals surface area contributed by atoms with Gasteiger partial charge in [-0.15, -0.1) is 11.8 Å². The fourth-order valence-corrected chi connectivity index (χ4v) is 7.23. The lowest BCUT2D eigenvalue weighted by molar-refractivity contribution is -0.137. The van der Waals surface area contributed by atoms with Crippen molar-refractivity contribution in [3.63, 3.8) is 0 Å². The van der Waals surface area contributed by atoms with Gasteiger partial charge in [-0.1, -0.05) is 43.6 Å². The number of benzene rings is 2. The average molecular weight is 692 g/mol. The molecular formula is C32H38ClN3O8S2. The summed E-state index contributed by atoms with van der Waals surface area (Å²) in [6, 6.07) is 15.7. The van der Waals surface area contributed by atoms with Crippen LogP contribution < -0.4 is 19.1 Å². The number of hydrogen-bond donors (Lipinski definition) is 2. The third-order valence-corrected chi connectivity index (χ3v) is 9.85. The number of thioether (sulfide) groups is 1. The number of ether oxygens (including phenoxy) is 3. The number of hydrogen-bond acceptors (Lipinski definition) is 10. The van der Waals surface area contributed by atoms with Crippen molar-refractivity contribution < 1.29 is 37.3 Å². The minimum atomic E-state index is -4.00. The van der Waals surface area contributed by atoms with Gasteiger partial charge >= 0.3 is 0 Å². The molecule has 1 aliphatic heterocycles. The molecule has 0 radical (unpaired) electrons. The molecule has 14 heteroatoms. The highest BCUT2D eigenvalue weighted by atomic mass is 35.5. The summed E-state index contributed by atoms with van der Waals surface area (Å²) in [5.74, 6) is -0.500. The smallest absolute Gasteiger partial charge is 0.256 e. The maximum atomic E-state index is 14.2. The number of nitrogens with one attached hydrogen (secondary N) is 1. The molecule has 0 fully saturated rings. The second-order valence-corrected chi connectivity index (χ2v) is 14.8. The molecule has 2 N–H and O–H groups in total. The first kappa shape index (κ1) is 35.5. The summed E-state index contributed by atoms with van der Waals surface area (Å²) < 4.78 is 45.4. The Labute approximate surface area is 278 Å². The molecule has 1 aromatic heterocycles. The van der Waals surface area contributed by atoms with E-state index < -0.39 is 45.9 Å². The second kappa shape index (κ2) is 15.5. The van der Waals surface area contributed by atoms with Crippen molar-refractivity contribution in [2.75, 3.05) is 43.8 Å². The van der Waals surface area contributed by atoms with E-state index in [4.69, 9.17) is 25.8 Å². The van der Waals surface area contributed by atoms with E-state index in [-0.39, 0.29) is 25.3 Å². The van der Waals surface area contributed by atoms with Crippen LogP contribution in [0.2, 0.25) is 5.02 Å². The Bertz CT molecular complexity index is 1640. The summed E-state index contributed by atoms with van der Waals surface area (Å²) >= 11 is 7.86. The molecule has 2 amide bonds. The number of fused-ring (bicyclic) bond motifs is 1. The molecule has 0 spiro atoms. The lowest BCUT2D eigenvalue weighted by atomic mass is 9.92. The fourth-order valence-electron chi connectivity index (χ4n) is 5.00. The molecule has 2 heterocycles. The molecule has 0 saturated carbocycles. The Morgan fingerprint density at radius 1 is 1.13 bits per heavy atom. The number of nitrogens with zero attached hydrogens (tertiary/aromatic N) is 2. The van der Waals surface area contributed by atoms with E-state index in [1.165, 1.54) is 30.9 Å². The van der Waals surface area contributed by atoms with Gasteiger partial charge in [0.25, 0.3) is 5.91 Å². The molecule has 0 unspecified atom stereocenters. The van der Waals surface area contributed by atoms with Gasteiger partial charge in [-0.2, -0.15) is 0 Å². The number of carbonyl (C=O) groups is 2. The van der Waals surface area contributed by atoms with E-state index in [9.17, 15) is 23.1 Å². The van der Waals surface area contributed by atoms with Crippen molar-refractivity contribution in [3.05, 3.63) is 76.9 Å². The number of para-hydroxylation sites is 1. The van der Waals surface area contributed by atoms with Crippen molar-refractivity contribution in [3.8, 4) is 11.5 Å². The van der Waals surface area contributed by atoms with Crippen molar-refractivity contribution >= 4 is 50.9 Å². The molecule has 3 aromatic rings. The van der Waals surface area contributed by atoms with Crippen molar-refractivity contribution in [2.24, 2.45) is 5.41 Å². The number of halogens is 1. The van der Waals surface area contributed by atoms with Crippen LogP contribution in [0.25, 0.3) is 0 Å². The first-order valence-electron chi connectivity index (χ1n) is 14.5. The third-order valence-electron chi connectivity index (χ3n) is 7.22. The molecule has 0 bridgehead atoms. The molecule has 11 nitrogen and oxygen atoms in total. The third kappa shape index (κ3) is 8.91. The van der Waals surface area contributed by atoms with Crippen molar-refractivity contribution in [2.45, 2.75) is 43.9 Å². The number of amides is 2. The van der Waals surface area contributed by atoms with Crippen molar-refractivity contribution in [1.29, 1.82) is 0 Å². The Morgan fingerprint density at radius 2 is 1.91 bits per heavy atom. The van der Waals surface area contributed by atoms with E-state index >= 15 is 0 Å². The maximum Gasteiger partial charge on any atom is 0.256 e. The number of carbonyl (C=O) groups excluding carboxylic acids is 2. The van der Waals surface area contributed by atoms with Crippen LogP contribution in [0.4, 0.5) is 5.69 Å². The minimum Gasteiger partial charge on any atom is -0.493 e. The number of aliphatic hydroxyl groups excluding tert-OH is 1. The van der Waals surface area contributed by atoms with E-state index in [2.05, 4.69) is 9.71 Å². The van der Waals surface area contributed by atoms with Crippen LogP contribution in [0.5, 0.6) is 11.5 Å². The van der Waals surface area contributed by atoms with Gasteiger partial charge in [-0.25, -0.2) is 13.4 Å². The van der Waals surface area contributed by atoms with Crippen LogP contribution in [0.3, 0.4) is 0 Å². The average Bonchev–Trinajstić information content (AvgIpc) is 3.13. The number of pyridine rings is 1. The molecule has 46 heavy (non-hydrogen) atoms. The second-order valence-electron chi connectivity index (χ2n) is 11.5. The lowest BCUT2D eigenvalue weighted by Gasteiger charge is -2.32. The van der Waals surface area contributed by atoms with Crippen LogP contribution >= 0.6 is 23.4 Å². The van der Waals surface area contributed by atoms with E-state index in [1.54, 1.807) is 62.5 Å². The maximum absolute atomic E-state index is 14.2. The number of sulfonamides is 1. The van der Waals surface area contributed by atoms with Crippen LogP contribution in [0.1, 0.15) is 43.9 Å². The number of aliphatic hydroxyl groups is 1. The molecule has 0 saturated heterocycles. The minimum absolute atomic E-state index is 0.0760. The summed E-state index contributed by atoms with van der Waals surface area (Å²) in [7, 11) is -1.04. The van der Waals surface area contributed by atoms with Crippen LogP contribution in [-0.2, 0) is 24.3 Å². The highest BCUT2D eigenvalue weighted by molar-refractivity contribution is 7.99. The van der Waals surface area contributed by atoms with Crippen molar-refractivity contribution in [1.82, 2.24) is 9.71 Å². The lowest BCUT2D eigenvalue weighted by Crippen LogP contribution is -2.47. The molecule has 2 aromatic carbocycles. The summed E-state index contributed by atoms with van der Waals surface area (Å²) in [4.78, 5) is 33.1. The normalized spacial score (nSPS) is 16.8.